The smallest absolute Gasteiger partial charge is 0.296 e. The highest BCUT2D eigenvalue weighted by Gasteiger charge is 2.18. The molecule has 3 aromatic carbocycles. The third-order valence-electron chi connectivity index (χ3n) is 3.63. The number of para-hydroxylation sites is 1. The van der Waals surface area contributed by atoms with Crippen LogP contribution in [-0.4, -0.2) is 17.9 Å². The first-order valence-corrected chi connectivity index (χ1v) is 9.14. The van der Waals surface area contributed by atoms with Crippen LogP contribution in [0.15, 0.2) is 71.6 Å². The van der Waals surface area contributed by atoms with Gasteiger partial charge in [0.05, 0.1) is 10.6 Å². The molecule has 1 radical (unpaired) electrons. The van der Waals surface area contributed by atoms with E-state index in [0.717, 1.165) is 0 Å². The number of rotatable bonds is 6. The zero-order valence-electron chi connectivity index (χ0n) is 13.8. The molecule has 0 unspecified atom stereocenters. The van der Waals surface area contributed by atoms with Crippen LogP contribution in [0.1, 0.15) is 0 Å². The molecule has 3 aromatic rings. The molecule has 0 saturated carbocycles. The van der Waals surface area contributed by atoms with Gasteiger partial charge in [0.1, 0.15) is 10.6 Å². The van der Waals surface area contributed by atoms with Crippen LogP contribution in [0.25, 0.3) is 0 Å². The first kappa shape index (κ1) is 18.4. The Kier molecular flexibility index (Phi) is 5.06. The molecule has 0 fully saturated rings. The number of nitro benzene ring substituents is 1. The highest BCUT2D eigenvalue weighted by molar-refractivity contribution is 7.86. The van der Waals surface area contributed by atoms with Crippen molar-refractivity contribution in [3.8, 4) is 0 Å². The second kappa shape index (κ2) is 7.44. The molecular weight excluding hydrogens is 370 g/mol. The maximum Gasteiger partial charge on any atom is 0.296 e. The summed E-state index contributed by atoms with van der Waals surface area (Å²) in [5.74, 6) is 0. The first-order valence-electron chi connectivity index (χ1n) is 7.70. The predicted molar refractivity (Wildman–Crippen MR) is 101 cm³/mol. The van der Waals surface area contributed by atoms with E-state index in [1.165, 1.54) is 30.3 Å². The van der Waals surface area contributed by atoms with Crippen molar-refractivity contribution in [3.05, 3.63) is 82.9 Å². The Hall–Kier alpha value is -3.43. The van der Waals surface area contributed by atoms with Gasteiger partial charge in [0.15, 0.2) is 0 Å². The van der Waals surface area contributed by atoms with E-state index in [1.807, 2.05) is 6.07 Å². The summed E-state index contributed by atoms with van der Waals surface area (Å²) in [7, 11) is -4.54. The topological polar surface area (TPSA) is 122 Å². The standard InChI is InChI=1S/C18H14N3O5S/c22-21(23)17-9-5-4-8-15(17)20-14-10-11-16(18(12-14)27(24,25)26)19-13-6-2-1-3-7-13/h1-4,6-12,19-20H,(H,24,25,26). The Morgan fingerprint density at radius 2 is 1.67 bits per heavy atom. The van der Waals surface area contributed by atoms with Gasteiger partial charge in [0.2, 0.25) is 0 Å². The van der Waals surface area contributed by atoms with Gasteiger partial charge in [-0.2, -0.15) is 8.42 Å². The molecule has 0 spiro atoms. The number of hydrogen-bond donors (Lipinski definition) is 3. The maximum absolute atomic E-state index is 11.8. The molecule has 0 bridgehead atoms. The van der Waals surface area contributed by atoms with E-state index in [4.69, 9.17) is 0 Å². The minimum atomic E-state index is -4.54. The summed E-state index contributed by atoms with van der Waals surface area (Å²) in [4.78, 5) is 10.2. The second-order valence-corrected chi connectivity index (χ2v) is 6.89. The summed E-state index contributed by atoms with van der Waals surface area (Å²) in [6.45, 7) is 0. The zero-order valence-corrected chi connectivity index (χ0v) is 14.6. The van der Waals surface area contributed by atoms with Crippen molar-refractivity contribution in [1.82, 2.24) is 0 Å². The van der Waals surface area contributed by atoms with Crippen LogP contribution in [0, 0.1) is 16.2 Å². The van der Waals surface area contributed by atoms with Crippen LogP contribution in [0.3, 0.4) is 0 Å². The summed E-state index contributed by atoms with van der Waals surface area (Å²) in [5.41, 5.74) is 1.03. The lowest BCUT2D eigenvalue weighted by Gasteiger charge is -2.13. The van der Waals surface area contributed by atoms with Gasteiger partial charge in [-0.25, -0.2) is 0 Å². The number of nitro groups is 1. The van der Waals surface area contributed by atoms with Gasteiger partial charge < -0.3 is 10.6 Å². The summed E-state index contributed by atoms with van der Waals surface area (Å²) in [5, 5.41) is 16.8. The molecule has 0 aliphatic heterocycles. The third-order valence-corrected chi connectivity index (χ3v) is 4.52. The molecule has 9 heteroatoms. The van der Waals surface area contributed by atoms with Crippen LogP contribution >= 0.6 is 0 Å². The van der Waals surface area contributed by atoms with E-state index in [2.05, 4.69) is 16.7 Å². The first-order chi connectivity index (χ1) is 12.8. The van der Waals surface area contributed by atoms with Gasteiger partial charge in [0.25, 0.3) is 15.8 Å². The summed E-state index contributed by atoms with van der Waals surface area (Å²) >= 11 is 0. The van der Waals surface area contributed by atoms with Crippen LogP contribution in [0.5, 0.6) is 0 Å². The van der Waals surface area contributed by atoms with Crippen molar-refractivity contribution in [2.75, 3.05) is 10.6 Å². The number of benzene rings is 3. The van der Waals surface area contributed by atoms with Gasteiger partial charge in [-0.1, -0.05) is 24.3 Å². The third kappa shape index (κ3) is 4.40. The van der Waals surface area contributed by atoms with Crippen LogP contribution < -0.4 is 10.6 Å². The minimum absolute atomic E-state index is 0.170. The molecular formula is C18H14N3O5S. The second-order valence-electron chi connectivity index (χ2n) is 5.50. The van der Waals surface area contributed by atoms with Gasteiger partial charge in [-0.05, 0) is 42.5 Å². The number of nitrogens with zero attached hydrogens (tertiary/aromatic N) is 1. The van der Waals surface area contributed by atoms with Gasteiger partial charge in [0, 0.05) is 17.4 Å². The van der Waals surface area contributed by atoms with Crippen molar-refractivity contribution in [3.63, 3.8) is 0 Å². The van der Waals surface area contributed by atoms with E-state index in [1.54, 1.807) is 30.3 Å². The largest absolute Gasteiger partial charge is 0.354 e. The average molecular weight is 384 g/mol. The molecule has 137 valence electrons. The molecule has 3 N–H and O–H groups in total. The van der Waals surface area contributed by atoms with Crippen molar-refractivity contribution >= 4 is 38.6 Å². The Bertz CT molecular complexity index is 1090. The molecule has 0 aliphatic carbocycles. The molecule has 0 amide bonds. The van der Waals surface area contributed by atoms with E-state index in [-0.39, 0.29) is 27.6 Å². The molecule has 0 aliphatic rings. The van der Waals surface area contributed by atoms with Crippen LogP contribution in [0.2, 0.25) is 0 Å². The van der Waals surface area contributed by atoms with Crippen molar-refractivity contribution in [2.24, 2.45) is 0 Å². The lowest BCUT2D eigenvalue weighted by Crippen LogP contribution is -2.05. The fraction of sp³-hybridized carbons (Fsp3) is 0. The van der Waals surface area contributed by atoms with E-state index >= 15 is 0 Å². The molecule has 0 heterocycles. The maximum atomic E-state index is 11.8. The average Bonchev–Trinajstić information content (AvgIpc) is 2.63. The summed E-state index contributed by atoms with van der Waals surface area (Å²) < 4.78 is 33.2. The number of anilines is 4. The summed E-state index contributed by atoms with van der Waals surface area (Å²) in [6.07, 6.45) is 0. The van der Waals surface area contributed by atoms with E-state index < -0.39 is 15.0 Å². The lowest BCUT2D eigenvalue weighted by atomic mass is 10.2. The Morgan fingerprint density at radius 1 is 0.963 bits per heavy atom. The normalized spacial score (nSPS) is 11.0. The molecule has 0 saturated heterocycles. The molecule has 0 atom stereocenters. The van der Waals surface area contributed by atoms with E-state index in [9.17, 15) is 23.1 Å². The van der Waals surface area contributed by atoms with Crippen LogP contribution in [0.4, 0.5) is 28.4 Å². The zero-order chi connectivity index (χ0) is 19.4. The molecule has 3 rings (SSSR count). The van der Waals surface area contributed by atoms with Crippen LogP contribution in [-0.2, 0) is 10.1 Å². The molecule has 27 heavy (non-hydrogen) atoms. The predicted octanol–water partition coefficient (Wildman–Crippen LogP) is 4.13. The SMILES string of the molecule is O=[N+]([O-])c1c[c]ccc1Nc1ccc(Nc2ccccc2)c(S(=O)(=O)O)c1. The minimum Gasteiger partial charge on any atom is -0.354 e. The van der Waals surface area contributed by atoms with Gasteiger partial charge in [-0.3, -0.25) is 14.7 Å². The lowest BCUT2D eigenvalue weighted by molar-refractivity contribution is -0.383. The fourth-order valence-electron chi connectivity index (χ4n) is 2.43. The monoisotopic (exact) mass is 384 g/mol. The Morgan fingerprint density at radius 3 is 2.33 bits per heavy atom. The van der Waals surface area contributed by atoms with Crippen molar-refractivity contribution in [1.29, 1.82) is 0 Å². The molecule has 8 nitrogen and oxygen atoms in total. The quantitative estimate of drug-likeness (QED) is 0.332. The number of nitrogens with one attached hydrogen (secondary N) is 2. The van der Waals surface area contributed by atoms with E-state index in [0.29, 0.717) is 5.69 Å². The van der Waals surface area contributed by atoms with Gasteiger partial charge >= 0.3 is 0 Å². The number of hydrogen-bond acceptors (Lipinski definition) is 6. The molecule has 0 aromatic heterocycles. The van der Waals surface area contributed by atoms with Gasteiger partial charge in [-0.15, -0.1) is 0 Å². The highest BCUT2D eigenvalue weighted by Crippen LogP contribution is 2.31. The summed E-state index contributed by atoms with van der Waals surface area (Å²) in [6, 6.07) is 19.8. The fourth-order valence-corrected chi connectivity index (χ4v) is 3.10. The van der Waals surface area contributed by atoms with Crippen molar-refractivity contribution < 1.29 is 17.9 Å². The Labute approximate surface area is 155 Å². The van der Waals surface area contributed by atoms with Crippen molar-refractivity contribution in [2.45, 2.75) is 4.90 Å². The highest BCUT2D eigenvalue weighted by atomic mass is 32.2. The Balaban J connectivity index is 1.99.